The number of nitrogens with one attached hydrogen (secondary N) is 2. The van der Waals surface area contributed by atoms with Gasteiger partial charge in [-0.05, 0) is 25.0 Å². The molecule has 8 heteroatoms. The van der Waals surface area contributed by atoms with E-state index in [0.29, 0.717) is 45.0 Å². The van der Waals surface area contributed by atoms with Crippen LogP contribution in [0.25, 0.3) is 0 Å². The van der Waals surface area contributed by atoms with Crippen LogP contribution in [-0.4, -0.2) is 73.9 Å². The standard InChI is InChI=1S/C17H25N5O3/c1-18-17(20-7-6-19-15(23)13-4-5-13)22-10-8-21(9-11-22)16(24)14-3-2-12-25-14/h2-3,12-13H,4-11H2,1H3,(H,18,20)(H,19,23). The van der Waals surface area contributed by atoms with Gasteiger partial charge in [0.25, 0.3) is 5.91 Å². The molecule has 1 aromatic rings. The third kappa shape index (κ3) is 4.52. The van der Waals surface area contributed by atoms with Crippen LogP contribution in [0, 0.1) is 5.92 Å². The summed E-state index contributed by atoms with van der Waals surface area (Å²) in [5.41, 5.74) is 0. The van der Waals surface area contributed by atoms with E-state index in [1.807, 2.05) is 0 Å². The first-order valence-corrected chi connectivity index (χ1v) is 8.75. The van der Waals surface area contributed by atoms with E-state index >= 15 is 0 Å². The van der Waals surface area contributed by atoms with Crippen LogP contribution in [0.1, 0.15) is 23.4 Å². The van der Waals surface area contributed by atoms with Crippen molar-refractivity contribution in [2.75, 3.05) is 46.3 Å². The predicted octanol–water partition coefficient (Wildman–Crippen LogP) is 0.139. The second kappa shape index (κ2) is 8.04. The molecule has 2 fully saturated rings. The topological polar surface area (TPSA) is 90.2 Å². The van der Waals surface area contributed by atoms with Crippen molar-refractivity contribution in [1.29, 1.82) is 0 Å². The van der Waals surface area contributed by atoms with Gasteiger partial charge in [-0.3, -0.25) is 14.6 Å². The fourth-order valence-electron chi connectivity index (χ4n) is 2.86. The highest BCUT2D eigenvalue weighted by atomic mass is 16.3. The van der Waals surface area contributed by atoms with Crippen LogP contribution in [0.4, 0.5) is 0 Å². The Bertz CT molecular complexity index is 616. The second-order valence-corrected chi connectivity index (χ2v) is 6.30. The van der Waals surface area contributed by atoms with Crippen LogP contribution in [-0.2, 0) is 4.79 Å². The van der Waals surface area contributed by atoms with Crippen molar-refractivity contribution < 1.29 is 14.0 Å². The number of amides is 2. The van der Waals surface area contributed by atoms with Gasteiger partial charge in [0.15, 0.2) is 11.7 Å². The molecule has 1 aliphatic carbocycles. The minimum atomic E-state index is -0.0737. The summed E-state index contributed by atoms with van der Waals surface area (Å²) in [5, 5.41) is 6.19. The summed E-state index contributed by atoms with van der Waals surface area (Å²) >= 11 is 0. The van der Waals surface area contributed by atoms with Crippen molar-refractivity contribution in [3.05, 3.63) is 24.2 Å². The molecule has 0 unspecified atom stereocenters. The molecular weight excluding hydrogens is 322 g/mol. The van der Waals surface area contributed by atoms with E-state index in [9.17, 15) is 9.59 Å². The minimum Gasteiger partial charge on any atom is -0.459 e. The summed E-state index contributed by atoms with van der Waals surface area (Å²) in [6.45, 7) is 3.89. The number of hydrogen-bond acceptors (Lipinski definition) is 4. The third-order valence-corrected chi connectivity index (χ3v) is 4.47. The first-order chi connectivity index (χ1) is 12.2. The molecule has 2 N–H and O–H groups in total. The number of furan rings is 1. The average molecular weight is 347 g/mol. The summed E-state index contributed by atoms with van der Waals surface area (Å²) in [4.78, 5) is 32.1. The second-order valence-electron chi connectivity index (χ2n) is 6.30. The van der Waals surface area contributed by atoms with E-state index in [-0.39, 0.29) is 17.7 Å². The molecule has 136 valence electrons. The van der Waals surface area contributed by atoms with E-state index in [4.69, 9.17) is 4.42 Å². The highest BCUT2D eigenvalue weighted by molar-refractivity contribution is 5.91. The number of carbonyl (C=O) groups excluding carboxylic acids is 2. The first-order valence-electron chi connectivity index (χ1n) is 8.75. The van der Waals surface area contributed by atoms with Gasteiger partial charge in [0.05, 0.1) is 6.26 Å². The highest BCUT2D eigenvalue weighted by Gasteiger charge is 2.29. The monoisotopic (exact) mass is 347 g/mol. The molecule has 0 atom stereocenters. The Morgan fingerprint density at radius 2 is 1.84 bits per heavy atom. The van der Waals surface area contributed by atoms with Crippen LogP contribution in [0.2, 0.25) is 0 Å². The number of hydrogen-bond donors (Lipinski definition) is 2. The Balaban J connectivity index is 1.39. The van der Waals surface area contributed by atoms with Gasteiger partial charge in [0, 0.05) is 52.2 Å². The molecule has 1 saturated heterocycles. The Labute approximate surface area is 147 Å². The number of piperazine rings is 1. The molecule has 3 rings (SSSR count). The third-order valence-electron chi connectivity index (χ3n) is 4.47. The molecule has 0 radical (unpaired) electrons. The Morgan fingerprint density at radius 3 is 2.44 bits per heavy atom. The normalized spacial score (nSPS) is 18.2. The Kier molecular flexibility index (Phi) is 5.57. The van der Waals surface area contributed by atoms with E-state index in [2.05, 4.69) is 20.5 Å². The van der Waals surface area contributed by atoms with Crippen molar-refractivity contribution >= 4 is 17.8 Å². The van der Waals surface area contributed by atoms with E-state index in [1.165, 1.54) is 6.26 Å². The summed E-state index contributed by atoms with van der Waals surface area (Å²) in [6, 6.07) is 3.41. The smallest absolute Gasteiger partial charge is 0.289 e. The summed E-state index contributed by atoms with van der Waals surface area (Å²) in [5.74, 6) is 1.49. The zero-order valence-corrected chi connectivity index (χ0v) is 14.5. The zero-order chi connectivity index (χ0) is 17.6. The van der Waals surface area contributed by atoms with Crippen LogP contribution < -0.4 is 10.6 Å². The van der Waals surface area contributed by atoms with Gasteiger partial charge >= 0.3 is 0 Å². The molecule has 0 bridgehead atoms. The Morgan fingerprint density at radius 1 is 1.16 bits per heavy atom. The largest absolute Gasteiger partial charge is 0.459 e. The van der Waals surface area contributed by atoms with E-state index in [1.54, 1.807) is 24.1 Å². The minimum absolute atomic E-state index is 0.0737. The molecule has 1 saturated carbocycles. The zero-order valence-electron chi connectivity index (χ0n) is 14.5. The van der Waals surface area contributed by atoms with Gasteiger partial charge in [0.1, 0.15) is 0 Å². The van der Waals surface area contributed by atoms with E-state index in [0.717, 1.165) is 18.8 Å². The van der Waals surface area contributed by atoms with Gasteiger partial charge < -0.3 is 24.9 Å². The molecule has 25 heavy (non-hydrogen) atoms. The molecule has 1 aliphatic heterocycles. The maximum Gasteiger partial charge on any atom is 0.289 e. The van der Waals surface area contributed by atoms with E-state index < -0.39 is 0 Å². The lowest BCUT2D eigenvalue weighted by molar-refractivity contribution is -0.122. The van der Waals surface area contributed by atoms with Crippen LogP contribution in [0.15, 0.2) is 27.8 Å². The van der Waals surface area contributed by atoms with Gasteiger partial charge in [0.2, 0.25) is 5.91 Å². The maximum atomic E-state index is 12.3. The highest BCUT2D eigenvalue weighted by Crippen LogP contribution is 2.28. The molecule has 8 nitrogen and oxygen atoms in total. The number of guanidine groups is 1. The number of nitrogens with zero attached hydrogens (tertiary/aromatic N) is 3. The Hall–Kier alpha value is -2.51. The van der Waals surface area contributed by atoms with Crippen LogP contribution in [0.5, 0.6) is 0 Å². The lowest BCUT2D eigenvalue weighted by Crippen LogP contribution is -2.54. The summed E-state index contributed by atoms with van der Waals surface area (Å²) in [6.07, 6.45) is 3.54. The van der Waals surface area contributed by atoms with Crippen molar-refractivity contribution in [2.45, 2.75) is 12.8 Å². The average Bonchev–Trinajstić information content (AvgIpc) is 3.36. The molecular formula is C17H25N5O3. The fraction of sp³-hybridized carbons (Fsp3) is 0.588. The molecule has 2 amide bonds. The lowest BCUT2D eigenvalue weighted by atomic mass is 10.3. The molecule has 0 aromatic carbocycles. The van der Waals surface area contributed by atoms with Gasteiger partial charge in [-0.15, -0.1) is 0 Å². The quantitative estimate of drug-likeness (QED) is 0.449. The number of carbonyl (C=O) groups is 2. The van der Waals surface area contributed by atoms with Crippen molar-refractivity contribution in [3.8, 4) is 0 Å². The number of rotatable bonds is 5. The molecule has 2 aliphatic rings. The van der Waals surface area contributed by atoms with Crippen LogP contribution >= 0.6 is 0 Å². The molecule has 0 spiro atoms. The predicted molar refractivity (Wildman–Crippen MR) is 93.3 cm³/mol. The number of aliphatic imine (C=N–C) groups is 1. The van der Waals surface area contributed by atoms with Gasteiger partial charge in [-0.25, -0.2) is 0 Å². The molecule has 2 heterocycles. The maximum absolute atomic E-state index is 12.3. The lowest BCUT2D eigenvalue weighted by Gasteiger charge is -2.36. The van der Waals surface area contributed by atoms with Gasteiger partial charge in [-0.1, -0.05) is 0 Å². The summed E-state index contributed by atoms with van der Waals surface area (Å²) in [7, 11) is 1.74. The van der Waals surface area contributed by atoms with Crippen LogP contribution in [0.3, 0.4) is 0 Å². The fourth-order valence-corrected chi connectivity index (χ4v) is 2.86. The van der Waals surface area contributed by atoms with Crippen molar-refractivity contribution in [1.82, 2.24) is 20.4 Å². The van der Waals surface area contributed by atoms with Crippen molar-refractivity contribution in [2.24, 2.45) is 10.9 Å². The van der Waals surface area contributed by atoms with Crippen molar-refractivity contribution in [3.63, 3.8) is 0 Å². The van der Waals surface area contributed by atoms with Gasteiger partial charge in [-0.2, -0.15) is 0 Å². The summed E-state index contributed by atoms with van der Waals surface area (Å²) < 4.78 is 5.17. The molecule has 1 aromatic heterocycles. The first kappa shape index (κ1) is 17.3. The SMILES string of the molecule is CN=C(NCCNC(=O)C1CC1)N1CCN(C(=O)c2ccco2)CC1.